The molecule has 96 valence electrons. The smallest absolute Gasteiger partial charge is 0.140 e. The van der Waals surface area contributed by atoms with E-state index in [-0.39, 0.29) is 5.41 Å². The Morgan fingerprint density at radius 1 is 1.61 bits per heavy atom. The van der Waals surface area contributed by atoms with Crippen LogP contribution in [-0.4, -0.2) is 24.2 Å². The van der Waals surface area contributed by atoms with E-state index in [0.29, 0.717) is 17.8 Å². The summed E-state index contributed by atoms with van der Waals surface area (Å²) in [4.78, 5) is 3.96. The van der Waals surface area contributed by atoms with Gasteiger partial charge in [-0.2, -0.15) is 5.26 Å². The maximum absolute atomic E-state index is 8.80. The molecule has 1 heterocycles. The second-order valence-corrected chi connectivity index (χ2v) is 5.38. The molecule has 1 saturated carbocycles. The molecule has 1 aromatic rings. The first-order valence-electron chi connectivity index (χ1n) is 6.19. The van der Waals surface area contributed by atoms with E-state index >= 15 is 0 Å². The third-order valence-corrected chi connectivity index (χ3v) is 3.95. The monoisotopic (exact) mass is 245 g/mol. The summed E-state index contributed by atoms with van der Waals surface area (Å²) in [6.07, 6.45) is 3.06. The topological polar surface area (TPSA) is 57.9 Å². The van der Waals surface area contributed by atoms with Gasteiger partial charge in [-0.05, 0) is 24.1 Å². The van der Waals surface area contributed by atoms with E-state index in [4.69, 9.17) is 10.00 Å². The highest BCUT2D eigenvalue weighted by atomic mass is 16.5. The molecule has 1 aromatic heterocycles. The summed E-state index contributed by atoms with van der Waals surface area (Å²) in [5, 5.41) is 12.3. The molecule has 0 bridgehead atoms. The quantitative estimate of drug-likeness (QED) is 0.879. The Bertz CT molecular complexity index is 464. The highest BCUT2D eigenvalue weighted by molar-refractivity contribution is 5.25. The third-order valence-electron chi connectivity index (χ3n) is 3.95. The average Bonchev–Trinajstić information content (AvgIpc) is 2.38. The molecule has 4 nitrogen and oxygen atoms in total. The number of nitrogens with one attached hydrogen (secondary N) is 1. The number of methoxy groups -OCH3 is 1. The number of hydrogen-bond donors (Lipinski definition) is 1. The average molecular weight is 245 g/mol. The second-order valence-electron chi connectivity index (χ2n) is 5.38. The molecule has 2 rings (SSSR count). The van der Waals surface area contributed by atoms with Crippen molar-refractivity contribution >= 4 is 0 Å². The highest BCUT2D eigenvalue weighted by Gasteiger charge is 2.48. The second kappa shape index (κ2) is 5.05. The van der Waals surface area contributed by atoms with Gasteiger partial charge in [-0.25, -0.2) is 4.98 Å². The summed E-state index contributed by atoms with van der Waals surface area (Å²) in [5.74, 6) is 0. The number of nitriles is 1. The molecule has 1 fully saturated rings. The molecule has 1 aliphatic rings. The van der Waals surface area contributed by atoms with Gasteiger partial charge < -0.3 is 10.1 Å². The first-order valence-corrected chi connectivity index (χ1v) is 6.19. The number of aromatic nitrogens is 1. The van der Waals surface area contributed by atoms with Crippen molar-refractivity contribution in [3.63, 3.8) is 0 Å². The van der Waals surface area contributed by atoms with Gasteiger partial charge >= 0.3 is 0 Å². The molecule has 0 saturated heterocycles. The first-order chi connectivity index (χ1) is 8.57. The van der Waals surface area contributed by atoms with E-state index < -0.39 is 0 Å². The van der Waals surface area contributed by atoms with Crippen LogP contribution < -0.4 is 5.32 Å². The zero-order valence-electron chi connectivity index (χ0n) is 11.1. The molecule has 4 heteroatoms. The molecule has 0 radical (unpaired) electrons. The summed E-state index contributed by atoms with van der Waals surface area (Å²) < 4.78 is 5.43. The molecule has 1 aliphatic carbocycles. The molecule has 0 aromatic carbocycles. The van der Waals surface area contributed by atoms with Gasteiger partial charge in [0.25, 0.3) is 0 Å². The minimum absolute atomic E-state index is 0.167. The fourth-order valence-electron chi connectivity index (χ4n) is 2.52. The van der Waals surface area contributed by atoms with Gasteiger partial charge in [-0.15, -0.1) is 0 Å². The van der Waals surface area contributed by atoms with Crippen molar-refractivity contribution in [2.45, 2.75) is 39.0 Å². The number of pyridine rings is 1. The molecular weight excluding hydrogens is 226 g/mol. The van der Waals surface area contributed by atoms with E-state index in [1.165, 1.54) is 0 Å². The Kier molecular flexibility index (Phi) is 3.65. The normalized spacial score (nSPS) is 25.2. The fourth-order valence-corrected chi connectivity index (χ4v) is 2.52. The number of hydrogen-bond acceptors (Lipinski definition) is 4. The van der Waals surface area contributed by atoms with Crippen LogP contribution in [0.5, 0.6) is 0 Å². The number of ether oxygens (including phenoxy) is 1. The lowest BCUT2D eigenvalue weighted by Gasteiger charge is -2.51. The minimum Gasteiger partial charge on any atom is -0.381 e. The van der Waals surface area contributed by atoms with Gasteiger partial charge in [-0.1, -0.05) is 13.8 Å². The summed E-state index contributed by atoms with van der Waals surface area (Å²) in [5.41, 5.74) is 1.73. The number of rotatable bonds is 4. The van der Waals surface area contributed by atoms with Crippen LogP contribution in [0.25, 0.3) is 0 Å². The van der Waals surface area contributed by atoms with Gasteiger partial charge in [0.1, 0.15) is 11.8 Å². The van der Waals surface area contributed by atoms with Crippen molar-refractivity contribution < 1.29 is 4.74 Å². The maximum Gasteiger partial charge on any atom is 0.140 e. The Morgan fingerprint density at radius 2 is 2.39 bits per heavy atom. The Hall–Kier alpha value is -1.44. The fraction of sp³-hybridized carbons (Fsp3) is 0.571. The van der Waals surface area contributed by atoms with Crippen molar-refractivity contribution in [3.05, 3.63) is 29.6 Å². The van der Waals surface area contributed by atoms with Gasteiger partial charge in [0.15, 0.2) is 0 Å². The van der Waals surface area contributed by atoms with Crippen LogP contribution in [0.2, 0.25) is 0 Å². The van der Waals surface area contributed by atoms with Crippen molar-refractivity contribution in [1.82, 2.24) is 10.3 Å². The molecule has 1 N–H and O–H groups in total. The van der Waals surface area contributed by atoms with E-state index in [2.05, 4.69) is 30.2 Å². The lowest BCUT2D eigenvalue weighted by molar-refractivity contribution is -0.0979. The van der Waals surface area contributed by atoms with Crippen molar-refractivity contribution in [1.29, 1.82) is 5.26 Å². The summed E-state index contributed by atoms with van der Waals surface area (Å²) >= 11 is 0. The summed E-state index contributed by atoms with van der Waals surface area (Å²) in [7, 11) is 1.77. The SMILES string of the molecule is COC1CC(NCc2ccnc(C#N)c2)C1(C)C. The Balaban J connectivity index is 1.91. The molecule has 0 spiro atoms. The van der Waals surface area contributed by atoms with Gasteiger partial charge in [-0.3, -0.25) is 0 Å². The zero-order chi connectivity index (χ0) is 13.2. The van der Waals surface area contributed by atoms with Crippen LogP contribution in [0.1, 0.15) is 31.5 Å². The summed E-state index contributed by atoms with van der Waals surface area (Å²) in [6, 6.07) is 6.28. The van der Waals surface area contributed by atoms with Crippen LogP contribution in [0.3, 0.4) is 0 Å². The molecular formula is C14H19N3O. The van der Waals surface area contributed by atoms with Crippen LogP contribution >= 0.6 is 0 Å². The molecule has 18 heavy (non-hydrogen) atoms. The van der Waals surface area contributed by atoms with E-state index in [0.717, 1.165) is 18.5 Å². The Labute approximate surface area is 108 Å². The van der Waals surface area contributed by atoms with Crippen molar-refractivity contribution in [2.75, 3.05) is 7.11 Å². The lowest BCUT2D eigenvalue weighted by Crippen LogP contribution is -2.60. The first kappa shape index (κ1) is 13.0. The van der Waals surface area contributed by atoms with E-state index in [1.807, 2.05) is 12.1 Å². The Morgan fingerprint density at radius 3 is 3.00 bits per heavy atom. The molecule has 2 atom stereocenters. The van der Waals surface area contributed by atoms with Gasteiger partial charge in [0.2, 0.25) is 0 Å². The largest absolute Gasteiger partial charge is 0.381 e. The molecule has 0 aliphatic heterocycles. The zero-order valence-corrected chi connectivity index (χ0v) is 11.1. The van der Waals surface area contributed by atoms with Crippen molar-refractivity contribution in [3.8, 4) is 6.07 Å². The minimum atomic E-state index is 0.167. The van der Waals surface area contributed by atoms with E-state index in [9.17, 15) is 0 Å². The van der Waals surface area contributed by atoms with Gasteiger partial charge in [0, 0.05) is 31.3 Å². The molecule has 2 unspecified atom stereocenters. The standard InChI is InChI=1S/C14H19N3O/c1-14(2)12(7-13(14)18-3)17-9-10-4-5-16-11(6-10)8-15/h4-6,12-13,17H,7,9H2,1-3H3. The molecule has 0 amide bonds. The predicted molar refractivity (Wildman–Crippen MR) is 68.8 cm³/mol. The number of nitrogens with zero attached hydrogens (tertiary/aromatic N) is 2. The third kappa shape index (κ3) is 2.38. The van der Waals surface area contributed by atoms with Gasteiger partial charge in [0.05, 0.1) is 6.10 Å². The lowest BCUT2D eigenvalue weighted by atomic mass is 9.64. The maximum atomic E-state index is 8.80. The van der Waals surface area contributed by atoms with Crippen LogP contribution in [-0.2, 0) is 11.3 Å². The van der Waals surface area contributed by atoms with Crippen LogP contribution in [0, 0.1) is 16.7 Å². The van der Waals surface area contributed by atoms with Crippen LogP contribution in [0.15, 0.2) is 18.3 Å². The highest BCUT2D eigenvalue weighted by Crippen LogP contribution is 2.42. The summed E-state index contributed by atoms with van der Waals surface area (Å²) in [6.45, 7) is 5.20. The van der Waals surface area contributed by atoms with E-state index in [1.54, 1.807) is 13.3 Å². The van der Waals surface area contributed by atoms with Crippen LogP contribution in [0.4, 0.5) is 0 Å². The van der Waals surface area contributed by atoms with Crippen molar-refractivity contribution in [2.24, 2.45) is 5.41 Å². The predicted octanol–water partition coefficient (Wildman–Crippen LogP) is 1.86.